The molecule has 33 heavy (non-hydrogen) atoms. The molecule has 3 aromatic rings. The first-order valence-electron chi connectivity index (χ1n) is 10.7. The van der Waals surface area contributed by atoms with Gasteiger partial charge in [0.1, 0.15) is 11.5 Å². The van der Waals surface area contributed by atoms with E-state index in [0.717, 1.165) is 39.5 Å². The Morgan fingerprint density at radius 3 is 2.30 bits per heavy atom. The fourth-order valence-electron chi connectivity index (χ4n) is 3.20. The van der Waals surface area contributed by atoms with Crippen molar-refractivity contribution in [3.05, 3.63) is 57.9 Å². The van der Waals surface area contributed by atoms with E-state index in [0.29, 0.717) is 25.5 Å². The molecule has 0 saturated carbocycles. The van der Waals surface area contributed by atoms with Gasteiger partial charge >= 0.3 is 10.8 Å². The number of aromatic amines is 1. The third-order valence-electron chi connectivity index (χ3n) is 4.67. The number of carbonyl (C=O) groups excluding carboxylic acids is 1. The molecule has 174 valence electrons. The lowest BCUT2D eigenvalue weighted by Gasteiger charge is -2.10. The van der Waals surface area contributed by atoms with Crippen molar-refractivity contribution in [1.29, 1.82) is 0 Å². The van der Waals surface area contributed by atoms with Crippen LogP contribution in [0.15, 0.2) is 46.1 Å². The normalized spacial score (nSPS) is 12.5. The standard InChI is InChI=1S/C13H15NO3.C11H12N2O2S/c1-3-16-12-6-9(2)4-5-10(12)7-11-8-13(15)17-14-11;1-3-14-9-6-7(2)4-5-8(9)10-12-11(16)15-13-10/h4-6H,3,7-8H2,1-2H3;4-6H,3H2,1-2H3,(H,12,13,16). The molecule has 0 radical (unpaired) electrons. The highest BCUT2D eigenvalue weighted by molar-refractivity contribution is 7.71. The minimum atomic E-state index is -0.287. The van der Waals surface area contributed by atoms with E-state index in [2.05, 4.69) is 20.1 Å². The largest absolute Gasteiger partial charge is 0.494 e. The molecule has 1 aromatic heterocycles. The van der Waals surface area contributed by atoms with E-state index in [1.54, 1.807) is 0 Å². The summed E-state index contributed by atoms with van der Waals surface area (Å²) in [5, 5.41) is 6.42. The van der Waals surface area contributed by atoms with Crippen molar-refractivity contribution in [2.75, 3.05) is 13.2 Å². The van der Waals surface area contributed by atoms with Crippen molar-refractivity contribution >= 4 is 23.9 Å². The molecule has 2 heterocycles. The van der Waals surface area contributed by atoms with E-state index in [9.17, 15) is 4.79 Å². The van der Waals surface area contributed by atoms with Crippen molar-refractivity contribution in [2.24, 2.45) is 5.16 Å². The Morgan fingerprint density at radius 2 is 1.70 bits per heavy atom. The van der Waals surface area contributed by atoms with Crippen molar-refractivity contribution in [3.8, 4) is 22.9 Å². The zero-order chi connectivity index (χ0) is 23.8. The number of oxime groups is 1. The summed E-state index contributed by atoms with van der Waals surface area (Å²) in [5.41, 5.74) is 4.92. The van der Waals surface area contributed by atoms with Gasteiger partial charge in [-0.1, -0.05) is 23.4 Å². The van der Waals surface area contributed by atoms with Gasteiger partial charge in [0.05, 0.1) is 30.9 Å². The van der Waals surface area contributed by atoms with Crippen LogP contribution in [-0.2, 0) is 16.1 Å². The SMILES string of the molecule is CCOc1cc(C)ccc1-c1nc(=S)o[nH]1.CCOc1cc(C)ccc1CC1=NOC(=O)C1. The number of nitrogens with one attached hydrogen (secondary N) is 1. The van der Waals surface area contributed by atoms with Gasteiger partial charge in [0.2, 0.25) is 0 Å². The Bertz CT molecular complexity index is 1200. The number of nitrogens with zero attached hydrogens (tertiary/aromatic N) is 2. The smallest absolute Gasteiger partial charge is 0.340 e. The van der Waals surface area contributed by atoms with Crippen molar-refractivity contribution < 1.29 is 23.6 Å². The second-order valence-corrected chi connectivity index (χ2v) is 7.73. The van der Waals surface area contributed by atoms with E-state index in [-0.39, 0.29) is 17.2 Å². The van der Waals surface area contributed by atoms with E-state index in [4.69, 9.17) is 26.2 Å². The molecular weight excluding hydrogens is 442 g/mol. The highest BCUT2D eigenvalue weighted by atomic mass is 32.1. The quantitative estimate of drug-likeness (QED) is 0.368. The Labute approximate surface area is 197 Å². The summed E-state index contributed by atoms with van der Waals surface area (Å²) >= 11 is 4.82. The maximum absolute atomic E-state index is 10.9. The van der Waals surface area contributed by atoms with Crippen LogP contribution in [0.4, 0.5) is 0 Å². The third-order valence-corrected chi connectivity index (χ3v) is 4.85. The van der Waals surface area contributed by atoms with Gasteiger partial charge in [0.15, 0.2) is 5.82 Å². The second kappa shape index (κ2) is 11.4. The number of ether oxygens (including phenoxy) is 2. The van der Waals surface area contributed by atoms with Gasteiger partial charge in [-0.25, -0.2) is 9.95 Å². The van der Waals surface area contributed by atoms with Gasteiger partial charge in [-0.15, -0.1) is 0 Å². The molecule has 0 fully saturated rings. The topological polar surface area (TPSA) is 98.9 Å². The van der Waals surface area contributed by atoms with E-state index in [1.807, 2.05) is 64.1 Å². The van der Waals surface area contributed by atoms with E-state index >= 15 is 0 Å². The van der Waals surface area contributed by atoms with Crippen molar-refractivity contribution in [1.82, 2.24) is 10.1 Å². The van der Waals surface area contributed by atoms with Crippen LogP contribution < -0.4 is 9.47 Å². The highest BCUT2D eigenvalue weighted by Gasteiger charge is 2.19. The molecule has 0 amide bonds. The summed E-state index contributed by atoms with van der Waals surface area (Å²) < 4.78 is 16.0. The average molecular weight is 470 g/mol. The molecule has 0 spiro atoms. The molecule has 0 bridgehead atoms. The first-order valence-corrected chi connectivity index (χ1v) is 11.1. The number of aromatic nitrogens is 2. The molecule has 1 N–H and O–H groups in total. The molecule has 8 nitrogen and oxygen atoms in total. The summed E-state index contributed by atoms with van der Waals surface area (Å²) in [7, 11) is 0. The Kier molecular flexibility index (Phi) is 8.37. The molecular formula is C24H27N3O5S. The summed E-state index contributed by atoms with van der Waals surface area (Å²) in [6.45, 7) is 9.15. The number of hydrogen-bond donors (Lipinski definition) is 1. The number of carbonyl (C=O) groups is 1. The molecule has 0 atom stereocenters. The molecule has 1 aliphatic heterocycles. The minimum Gasteiger partial charge on any atom is -0.494 e. The Morgan fingerprint density at radius 1 is 1.03 bits per heavy atom. The van der Waals surface area contributed by atoms with Crippen LogP contribution in [0.1, 0.15) is 37.0 Å². The van der Waals surface area contributed by atoms with Gasteiger partial charge in [-0.3, -0.25) is 0 Å². The average Bonchev–Trinajstić information content (AvgIpc) is 3.39. The van der Waals surface area contributed by atoms with Gasteiger partial charge < -0.3 is 18.8 Å². The first kappa shape index (κ1) is 24.2. The lowest BCUT2D eigenvalue weighted by atomic mass is 10.0. The van der Waals surface area contributed by atoms with Gasteiger partial charge in [-0.2, -0.15) is 4.98 Å². The highest BCUT2D eigenvalue weighted by Crippen LogP contribution is 2.28. The van der Waals surface area contributed by atoms with Gasteiger partial charge in [-0.05, 0) is 74.8 Å². The molecule has 0 aliphatic carbocycles. The van der Waals surface area contributed by atoms with Gasteiger partial charge in [0.25, 0.3) is 0 Å². The Balaban J connectivity index is 0.000000186. The maximum atomic E-state index is 10.9. The van der Waals surface area contributed by atoms with Crippen molar-refractivity contribution in [3.63, 3.8) is 0 Å². The first-order chi connectivity index (χ1) is 15.9. The van der Waals surface area contributed by atoms with Crippen LogP contribution in [0.3, 0.4) is 0 Å². The number of aryl methyl sites for hydroxylation is 2. The van der Waals surface area contributed by atoms with E-state index in [1.165, 1.54) is 0 Å². The molecule has 1 aliphatic rings. The summed E-state index contributed by atoms with van der Waals surface area (Å²) in [4.78, 5) is 19.8. The molecule has 0 saturated heterocycles. The lowest BCUT2D eigenvalue weighted by Crippen LogP contribution is -2.05. The number of benzene rings is 2. The number of hydrogen-bond acceptors (Lipinski definition) is 8. The molecule has 2 aromatic carbocycles. The van der Waals surface area contributed by atoms with Crippen molar-refractivity contribution in [2.45, 2.75) is 40.5 Å². The zero-order valence-corrected chi connectivity index (χ0v) is 20.0. The fourth-order valence-corrected chi connectivity index (χ4v) is 3.34. The number of rotatable bonds is 7. The minimum absolute atomic E-state index is 0.193. The van der Waals surface area contributed by atoms with Gasteiger partial charge in [0, 0.05) is 6.42 Å². The zero-order valence-electron chi connectivity index (χ0n) is 19.1. The van der Waals surface area contributed by atoms with E-state index < -0.39 is 0 Å². The van der Waals surface area contributed by atoms with Crippen LogP contribution in [0.5, 0.6) is 11.5 Å². The summed E-state index contributed by atoms with van der Waals surface area (Å²) in [6, 6.07) is 11.9. The van der Waals surface area contributed by atoms with Crippen LogP contribution in [0.25, 0.3) is 11.4 Å². The number of H-pyrrole nitrogens is 1. The van der Waals surface area contributed by atoms with Crippen LogP contribution >= 0.6 is 12.2 Å². The monoisotopic (exact) mass is 469 g/mol. The second-order valence-electron chi connectivity index (χ2n) is 7.38. The molecule has 0 unspecified atom stereocenters. The predicted molar refractivity (Wildman–Crippen MR) is 127 cm³/mol. The Hall–Kier alpha value is -3.46. The predicted octanol–water partition coefficient (Wildman–Crippen LogP) is 5.35. The summed E-state index contributed by atoms with van der Waals surface area (Å²) in [5.74, 6) is 1.94. The van der Waals surface area contributed by atoms with Crippen LogP contribution in [0.2, 0.25) is 0 Å². The fraction of sp³-hybridized carbons (Fsp3) is 0.333. The lowest BCUT2D eigenvalue weighted by molar-refractivity contribution is -0.140. The molecule has 4 rings (SSSR count). The maximum Gasteiger partial charge on any atom is 0.340 e. The molecule has 9 heteroatoms. The van der Waals surface area contributed by atoms with Crippen LogP contribution in [0, 0.1) is 18.7 Å². The third kappa shape index (κ3) is 6.76. The summed E-state index contributed by atoms with van der Waals surface area (Å²) in [6.07, 6.45) is 0.876. The van der Waals surface area contributed by atoms with Crippen LogP contribution in [-0.4, -0.2) is 35.0 Å².